The van der Waals surface area contributed by atoms with Crippen LogP contribution in [-0.4, -0.2) is 16.2 Å². The molecule has 0 bridgehead atoms. The van der Waals surface area contributed by atoms with Crippen molar-refractivity contribution in [1.82, 2.24) is 9.13 Å². The molecular weight excluding hydrogens is 640 g/mol. The van der Waals surface area contributed by atoms with Gasteiger partial charge in [-0.1, -0.05) is 82.7 Å². The molecule has 0 unspecified atom stereocenters. The zero-order valence-corrected chi connectivity index (χ0v) is 27.3. The molecule has 0 atom stereocenters. The molecule has 0 radical (unpaired) electrons. The largest absolute Gasteiger partial charge is 0.497 e. The van der Waals surface area contributed by atoms with Crippen molar-refractivity contribution in [1.29, 1.82) is 0 Å². The highest BCUT2D eigenvalue weighted by Crippen LogP contribution is 2.39. The van der Waals surface area contributed by atoms with E-state index in [1.54, 1.807) is 7.11 Å². The molecule has 0 fully saturated rings. The molecule has 0 saturated carbocycles. The molecule has 0 spiro atoms. The summed E-state index contributed by atoms with van der Waals surface area (Å²) in [7, 11) is 1.70. The summed E-state index contributed by atoms with van der Waals surface area (Å²) in [5.74, 6) is 0.850. The summed E-state index contributed by atoms with van der Waals surface area (Å²) in [6, 6.07) is 56.6. The number of hydrogen-bond acceptors (Lipinski definition) is 1. The minimum atomic E-state index is 0.850. The predicted molar refractivity (Wildman–Crippen MR) is 200 cm³/mol. The highest BCUT2D eigenvalue weighted by Gasteiger charge is 2.16. The van der Waals surface area contributed by atoms with Crippen LogP contribution in [0.4, 0.5) is 0 Å². The molecule has 2 aromatic heterocycles. The van der Waals surface area contributed by atoms with Gasteiger partial charge in [-0.3, -0.25) is 0 Å². The van der Waals surface area contributed by atoms with Crippen LogP contribution < -0.4 is 4.74 Å². The second-order valence-electron chi connectivity index (χ2n) is 11.9. The number of rotatable bonds is 5. The van der Waals surface area contributed by atoms with Gasteiger partial charge in [0.05, 0.1) is 29.2 Å². The second kappa shape index (κ2) is 11.0. The van der Waals surface area contributed by atoms with Crippen LogP contribution in [-0.2, 0) is 0 Å². The third-order valence-corrected chi connectivity index (χ3v) is 9.71. The number of halogens is 1. The van der Waals surface area contributed by atoms with Gasteiger partial charge in [-0.25, -0.2) is 0 Å². The Bertz CT molecular complexity index is 2610. The number of fused-ring (bicyclic) bond motifs is 6. The van der Waals surface area contributed by atoms with Crippen LogP contribution in [0.25, 0.3) is 77.2 Å². The van der Waals surface area contributed by atoms with Crippen LogP contribution in [0.5, 0.6) is 5.75 Å². The zero-order chi connectivity index (χ0) is 31.5. The van der Waals surface area contributed by atoms with Gasteiger partial charge in [-0.2, -0.15) is 0 Å². The molecule has 0 aliphatic rings. The molecule has 4 heteroatoms. The number of para-hydroxylation sites is 3. The van der Waals surface area contributed by atoms with E-state index in [1.807, 2.05) is 12.1 Å². The molecule has 224 valence electrons. The first-order chi connectivity index (χ1) is 23.2. The lowest BCUT2D eigenvalue weighted by atomic mass is 9.97. The first-order valence-corrected chi connectivity index (χ1v) is 16.5. The molecule has 0 saturated heterocycles. The molecule has 7 aromatic carbocycles. The number of aromatic nitrogens is 2. The van der Waals surface area contributed by atoms with Gasteiger partial charge in [0, 0.05) is 37.4 Å². The Morgan fingerprint density at radius 2 is 0.872 bits per heavy atom. The SMILES string of the molecule is COc1ccc(-n2c3ccccc3c3cc(-c4cc(Br)cc(-c5ccc6c(c5)c5ccccc5n6-c5ccccc5)c4)ccc32)cc1. The first kappa shape index (κ1) is 27.7. The lowest BCUT2D eigenvalue weighted by Gasteiger charge is -2.11. The van der Waals surface area contributed by atoms with Crippen molar-refractivity contribution in [3.8, 4) is 39.4 Å². The number of benzene rings is 7. The summed E-state index contributed by atoms with van der Waals surface area (Å²) in [5, 5.41) is 4.96. The summed E-state index contributed by atoms with van der Waals surface area (Å²) in [5.41, 5.74) is 11.8. The Morgan fingerprint density at radius 3 is 1.40 bits per heavy atom. The maximum Gasteiger partial charge on any atom is 0.119 e. The summed E-state index contributed by atoms with van der Waals surface area (Å²) in [6.45, 7) is 0. The van der Waals surface area contributed by atoms with Crippen LogP contribution in [0.1, 0.15) is 0 Å². The summed E-state index contributed by atoms with van der Waals surface area (Å²) < 4.78 is 11.2. The molecule has 3 nitrogen and oxygen atoms in total. The Labute approximate surface area is 281 Å². The van der Waals surface area contributed by atoms with Crippen LogP contribution >= 0.6 is 15.9 Å². The monoisotopic (exact) mass is 668 g/mol. The summed E-state index contributed by atoms with van der Waals surface area (Å²) in [6.07, 6.45) is 0. The van der Waals surface area contributed by atoms with E-state index in [4.69, 9.17) is 4.74 Å². The van der Waals surface area contributed by atoms with Crippen molar-refractivity contribution < 1.29 is 4.74 Å². The van der Waals surface area contributed by atoms with Gasteiger partial charge in [0.2, 0.25) is 0 Å². The molecule has 47 heavy (non-hydrogen) atoms. The van der Waals surface area contributed by atoms with E-state index >= 15 is 0 Å². The van der Waals surface area contributed by atoms with Crippen molar-refractivity contribution >= 4 is 59.5 Å². The topological polar surface area (TPSA) is 19.1 Å². The Balaban J connectivity index is 1.18. The summed E-state index contributed by atoms with van der Waals surface area (Å²) in [4.78, 5) is 0. The standard InChI is InChI=1S/C43H29BrN2O/c1-47-35-19-17-34(18-20-35)46-41-14-8-6-12-37(41)39-27-29(16-22-43(39)46)31-23-30(24-32(44)25-31)28-15-21-42-38(26-28)36-11-5-7-13-40(36)45(42)33-9-3-2-4-10-33/h2-27H,1H3. The average molecular weight is 670 g/mol. The van der Waals surface area contributed by atoms with E-state index in [0.29, 0.717) is 0 Å². The van der Waals surface area contributed by atoms with Gasteiger partial charge in [0.1, 0.15) is 5.75 Å². The Kier molecular flexibility index (Phi) is 6.51. The predicted octanol–water partition coefficient (Wildman–Crippen LogP) is 12.0. The van der Waals surface area contributed by atoms with Gasteiger partial charge < -0.3 is 13.9 Å². The normalized spacial score (nSPS) is 11.6. The van der Waals surface area contributed by atoms with Gasteiger partial charge in [0.15, 0.2) is 0 Å². The maximum absolute atomic E-state index is 5.42. The second-order valence-corrected chi connectivity index (χ2v) is 12.8. The number of hydrogen-bond donors (Lipinski definition) is 0. The van der Waals surface area contributed by atoms with Crippen molar-refractivity contribution in [3.63, 3.8) is 0 Å². The van der Waals surface area contributed by atoms with E-state index < -0.39 is 0 Å². The third-order valence-electron chi connectivity index (χ3n) is 9.25. The van der Waals surface area contributed by atoms with Crippen molar-refractivity contribution in [3.05, 3.63) is 162 Å². The molecule has 9 aromatic rings. The van der Waals surface area contributed by atoms with Crippen LogP contribution in [0.3, 0.4) is 0 Å². The Morgan fingerprint density at radius 1 is 0.404 bits per heavy atom. The lowest BCUT2D eigenvalue weighted by molar-refractivity contribution is 0.415. The smallest absolute Gasteiger partial charge is 0.119 e. The lowest BCUT2D eigenvalue weighted by Crippen LogP contribution is -1.94. The average Bonchev–Trinajstić information content (AvgIpc) is 3.64. The van der Waals surface area contributed by atoms with Crippen LogP contribution in [0.2, 0.25) is 0 Å². The number of methoxy groups -OCH3 is 1. The fraction of sp³-hybridized carbons (Fsp3) is 0.0233. The van der Waals surface area contributed by atoms with E-state index in [1.165, 1.54) is 71.6 Å². The minimum absolute atomic E-state index is 0.850. The molecule has 0 N–H and O–H groups in total. The van der Waals surface area contributed by atoms with Crippen molar-refractivity contribution in [2.24, 2.45) is 0 Å². The zero-order valence-electron chi connectivity index (χ0n) is 25.7. The Hall–Kier alpha value is -5.58. The van der Waals surface area contributed by atoms with E-state index in [0.717, 1.165) is 15.9 Å². The third kappa shape index (κ3) is 4.56. The van der Waals surface area contributed by atoms with Gasteiger partial charge >= 0.3 is 0 Å². The van der Waals surface area contributed by atoms with Gasteiger partial charge in [-0.05, 0) is 113 Å². The molecule has 0 aliphatic heterocycles. The van der Waals surface area contributed by atoms with Gasteiger partial charge in [0.25, 0.3) is 0 Å². The maximum atomic E-state index is 5.42. The molecule has 2 heterocycles. The summed E-state index contributed by atoms with van der Waals surface area (Å²) >= 11 is 3.85. The molecule has 0 amide bonds. The van der Waals surface area contributed by atoms with E-state index in [2.05, 4.69) is 171 Å². The fourth-order valence-electron chi connectivity index (χ4n) is 7.09. The van der Waals surface area contributed by atoms with E-state index in [-0.39, 0.29) is 0 Å². The van der Waals surface area contributed by atoms with Crippen LogP contribution in [0, 0.1) is 0 Å². The number of nitrogens with zero attached hydrogens (tertiary/aromatic N) is 2. The number of ether oxygens (including phenoxy) is 1. The highest BCUT2D eigenvalue weighted by atomic mass is 79.9. The molecule has 0 aliphatic carbocycles. The quantitative estimate of drug-likeness (QED) is 0.178. The van der Waals surface area contributed by atoms with Gasteiger partial charge in [-0.15, -0.1) is 0 Å². The minimum Gasteiger partial charge on any atom is -0.497 e. The molecule has 9 rings (SSSR count). The van der Waals surface area contributed by atoms with Crippen molar-refractivity contribution in [2.45, 2.75) is 0 Å². The van der Waals surface area contributed by atoms with E-state index in [9.17, 15) is 0 Å². The van der Waals surface area contributed by atoms with Crippen molar-refractivity contribution in [2.75, 3.05) is 7.11 Å². The van der Waals surface area contributed by atoms with Crippen LogP contribution in [0.15, 0.2) is 162 Å². The molecular formula is C43H29BrN2O. The fourth-order valence-corrected chi connectivity index (χ4v) is 7.59. The first-order valence-electron chi connectivity index (χ1n) is 15.7. The highest BCUT2D eigenvalue weighted by molar-refractivity contribution is 9.10.